The van der Waals surface area contributed by atoms with Crippen LogP contribution in [0.15, 0.2) is 34.5 Å². The molecule has 1 aliphatic rings. The van der Waals surface area contributed by atoms with E-state index in [1.807, 2.05) is 39.8 Å². The van der Waals surface area contributed by atoms with Crippen molar-refractivity contribution < 1.29 is 4.79 Å². The average molecular weight is 204 g/mol. The van der Waals surface area contributed by atoms with Crippen LogP contribution < -0.4 is 5.32 Å². The van der Waals surface area contributed by atoms with Crippen molar-refractivity contribution in [2.75, 3.05) is 0 Å². The molecule has 1 aliphatic heterocycles. The van der Waals surface area contributed by atoms with Gasteiger partial charge in [0.05, 0.1) is 0 Å². The van der Waals surface area contributed by atoms with E-state index in [-0.39, 0.29) is 11.4 Å². The van der Waals surface area contributed by atoms with Crippen LogP contribution in [0.25, 0.3) is 0 Å². The Morgan fingerprint density at radius 1 is 1.47 bits per heavy atom. The van der Waals surface area contributed by atoms with Crippen molar-refractivity contribution >= 4 is 11.8 Å². The molecule has 0 saturated heterocycles. The van der Waals surface area contributed by atoms with Crippen molar-refractivity contribution in [2.24, 2.45) is 4.99 Å². The van der Waals surface area contributed by atoms with Gasteiger partial charge >= 0.3 is 0 Å². The van der Waals surface area contributed by atoms with Crippen molar-refractivity contribution in [1.29, 1.82) is 0 Å². The van der Waals surface area contributed by atoms with E-state index in [1.165, 1.54) is 0 Å². The van der Waals surface area contributed by atoms with E-state index >= 15 is 0 Å². The Kier molecular flexibility index (Phi) is 3.28. The summed E-state index contributed by atoms with van der Waals surface area (Å²) in [5, 5.41) is 2.87. The summed E-state index contributed by atoms with van der Waals surface area (Å²) in [7, 11) is 0. The summed E-state index contributed by atoms with van der Waals surface area (Å²) in [4.78, 5) is 15.8. The number of hydrogen-bond donors (Lipinski definition) is 1. The van der Waals surface area contributed by atoms with Crippen LogP contribution in [-0.2, 0) is 4.79 Å². The van der Waals surface area contributed by atoms with Crippen molar-refractivity contribution in [3.63, 3.8) is 0 Å². The van der Waals surface area contributed by atoms with E-state index in [1.54, 1.807) is 6.08 Å². The van der Waals surface area contributed by atoms with Gasteiger partial charge in [-0.3, -0.25) is 4.79 Å². The fourth-order valence-corrected chi connectivity index (χ4v) is 1.13. The topological polar surface area (TPSA) is 41.5 Å². The van der Waals surface area contributed by atoms with Crippen LogP contribution in [0.1, 0.15) is 27.7 Å². The van der Waals surface area contributed by atoms with Gasteiger partial charge in [0, 0.05) is 5.54 Å². The molecular weight excluding hydrogens is 188 g/mol. The van der Waals surface area contributed by atoms with E-state index < -0.39 is 0 Å². The van der Waals surface area contributed by atoms with Gasteiger partial charge < -0.3 is 5.32 Å². The van der Waals surface area contributed by atoms with Gasteiger partial charge in [0.1, 0.15) is 5.70 Å². The number of nitrogens with one attached hydrogen (secondary N) is 1. The monoisotopic (exact) mass is 204 g/mol. The fourth-order valence-electron chi connectivity index (χ4n) is 1.13. The van der Waals surface area contributed by atoms with Gasteiger partial charge in [0.25, 0.3) is 5.91 Å². The molecule has 0 aromatic carbocycles. The summed E-state index contributed by atoms with van der Waals surface area (Å²) in [5.41, 5.74) is 1.02. The molecule has 0 aliphatic carbocycles. The second kappa shape index (κ2) is 4.28. The highest BCUT2D eigenvalue weighted by Crippen LogP contribution is 2.11. The molecule has 0 spiro atoms. The SMILES string of the molecule is CC1=C(C(=O)NC(C)(C)C)N=C=CC=C1. The smallest absolute Gasteiger partial charge is 0.271 e. The summed E-state index contributed by atoms with van der Waals surface area (Å²) in [6.07, 6.45) is 5.35. The van der Waals surface area contributed by atoms with Gasteiger partial charge in [0.2, 0.25) is 0 Å². The molecule has 0 aromatic rings. The molecule has 0 atom stereocenters. The molecule has 0 fully saturated rings. The van der Waals surface area contributed by atoms with Crippen LogP contribution in [0, 0.1) is 0 Å². The standard InChI is InChI=1S/C12H16N2O/c1-9-7-5-6-8-13-10(9)11(15)14-12(2,3)4/h5-7H,1-4H3,(H,14,15). The first-order valence-electron chi connectivity index (χ1n) is 4.90. The Hall–Kier alpha value is -1.60. The summed E-state index contributed by atoms with van der Waals surface area (Å²) in [5.74, 6) is 2.53. The maximum Gasteiger partial charge on any atom is 0.271 e. The summed E-state index contributed by atoms with van der Waals surface area (Å²) < 4.78 is 0. The summed E-state index contributed by atoms with van der Waals surface area (Å²) in [6.45, 7) is 7.67. The van der Waals surface area contributed by atoms with Crippen molar-refractivity contribution in [2.45, 2.75) is 33.2 Å². The molecule has 0 bridgehead atoms. The minimum atomic E-state index is -0.250. The number of aliphatic imine (C=N–C) groups is 1. The highest BCUT2D eigenvalue weighted by Gasteiger charge is 2.18. The van der Waals surface area contributed by atoms with Gasteiger partial charge in [-0.2, -0.15) is 0 Å². The Morgan fingerprint density at radius 3 is 2.73 bits per heavy atom. The lowest BCUT2D eigenvalue weighted by Gasteiger charge is -2.20. The van der Waals surface area contributed by atoms with Crippen LogP contribution in [0.4, 0.5) is 0 Å². The molecule has 1 heterocycles. The Labute approximate surface area is 90.3 Å². The van der Waals surface area contributed by atoms with Crippen LogP contribution >= 0.6 is 0 Å². The predicted molar refractivity (Wildman–Crippen MR) is 61.7 cm³/mol. The minimum absolute atomic E-state index is 0.160. The molecule has 80 valence electrons. The molecule has 0 aromatic heterocycles. The second-order valence-corrected chi connectivity index (χ2v) is 4.50. The molecular formula is C12H16N2O. The van der Waals surface area contributed by atoms with E-state index in [0.717, 1.165) is 5.57 Å². The highest BCUT2D eigenvalue weighted by atomic mass is 16.2. The second-order valence-electron chi connectivity index (χ2n) is 4.50. The number of amides is 1. The number of nitrogens with zero attached hydrogens (tertiary/aromatic N) is 1. The zero-order chi connectivity index (χ0) is 11.5. The predicted octanol–water partition coefficient (Wildman–Crippen LogP) is 1.97. The Morgan fingerprint density at radius 2 is 2.13 bits per heavy atom. The van der Waals surface area contributed by atoms with Gasteiger partial charge in [-0.05, 0) is 45.2 Å². The van der Waals surface area contributed by atoms with Crippen LogP contribution in [0.2, 0.25) is 0 Å². The molecule has 0 radical (unpaired) electrons. The maximum atomic E-state index is 11.8. The van der Waals surface area contributed by atoms with Crippen LogP contribution in [-0.4, -0.2) is 17.3 Å². The van der Waals surface area contributed by atoms with E-state index in [4.69, 9.17) is 0 Å². The summed E-state index contributed by atoms with van der Waals surface area (Å²) >= 11 is 0. The van der Waals surface area contributed by atoms with Gasteiger partial charge in [0.15, 0.2) is 0 Å². The van der Waals surface area contributed by atoms with Crippen molar-refractivity contribution in [3.05, 3.63) is 29.5 Å². The fraction of sp³-hybridized carbons (Fsp3) is 0.417. The van der Waals surface area contributed by atoms with Crippen LogP contribution in [0.5, 0.6) is 0 Å². The first-order chi connectivity index (χ1) is 6.90. The third-order valence-corrected chi connectivity index (χ3v) is 1.77. The van der Waals surface area contributed by atoms with Crippen LogP contribution in [0.3, 0.4) is 0 Å². The third-order valence-electron chi connectivity index (χ3n) is 1.77. The van der Waals surface area contributed by atoms with Gasteiger partial charge in [-0.15, -0.1) is 0 Å². The molecule has 0 unspecified atom stereocenters. The molecule has 3 nitrogen and oxygen atoms in total. The number of hydrogen-bond acceptors (Lipinski definition) is 2. The van der Waals surface area contributed by atoms with Crippen molar-refractivity contribution in [1.82, 2.24) is 5.32 Å². The molecule has 3 heteroatoms. The maximum absolute atomic E-state index is 11.8. The van der Waals surface area contributed by atoms with Gasteiger partial charge in [-0.1, -0.05) is 12.2 Å². The lowest BCUT2D eigenvalue weighted by Crippen LogP contribution is -2.41. The molecule has 15 heavy (non-hydrogen) atoms. The summed E-state index contributed by atoms with van der Waals surface area (Å²) in [6, 6.07) is 0. The van der Waals surface area contributed by atoms with E-state index in [9.17, 15) is 4.79 Å². The Balaban J connectivity index is 2.93. The number of carbonyl (C=O) groups excluding carboxylic acids is 1. The zero-order valence-electron chi connectivity index (χ0n) is 9.59. The van der Waals surface area contributed by atoms with E-state index in [2.05, 4.69) is 16.2 Å². The highest BCUT2D eigenvalue weighted by molar-refractivity contribution is 5.96. The normalized spacial score (nSPS) is 15.5. The zero-order valence-corrected chi connectivity index (χ0v) is 9.59. The van der Waals surface area contributed by atoms with E-state index in [0.29, 0.717) is 5.70 Å². The quantitative estimate of drug-likeness (QED) is 0.697. The van der Waals surface area contributed by atoms with Gasteiger partial charge in [-0.25, -0.2) is 4.99 Å². The minimum Gasteiger partial charge on any atom is -0.346 e. The lowest BCUT2D eigenvalue weighted by atomic mass is 10.1. The third kappa shape index (κ3) is 3.56. The number of rotatable bonds is 1. The largest absolute Gasteiger partial charge is 0.346 e. The molecule has 1 rings (SSSR count). The average Bonchev–Trinajstić information content (AvgIpc) is 2.26. The number of allylic oxidation sites excluding steroid dienone is 4. The lowest BCUT2D eigenvalue weighted by molar-refractivity contribution is -0.118. The molecule has 0 saturated carbocycles. The first-order valence-corrected chi connectivity index (χ1v) is 4.90. The molecule has 1 amide bonds. The number of carbonyl (C=O) groups is 1. The van der Waals surface area contributed by atoms with Crippen molar-refractivity contribution in [3.8, 4) is 0 Å². The Bertz CT molecular complexity index is 388. The molecule has 1 N–H and O–H groups in total. The first kappa shape index (κ1) is 11.5.